The van der Waals surface area contributed by atoms with Crippen molar-refractivity contribution in [3.63, 3.8) is 0 Å². The van der Waals surface area contributed by atoms with Crippen LogP contribution in [-0.4, -0.2) is 19.4 Å². The molecule has 0 bridgehead atoms. The molecule has 0 aliphatic rings. The highest BCUT2D eigenvalue weighted by Gasteiger charge is 2.38. The van der Waals surface area contributed by atoms with Gasteiger partial charge in [0, 0.05) is 11.1 Å². The Balaban J connectivity index is 3.10. The minimum atomic E-state index is -3.20. The maximum absolute atomic E-state index is 11.6. The van der Waals surface area contributed by atoms with Gasteiger partial charge in [0.05, 0.1) is 15.1 Å². The summed E-state index contributed by atoms with van der Waals surface area (Å²) in [7, 11) is -3.20. The maximum atomic E-state index is 11.6. The van der Waals surface area contributed by atoms with E-state index in [2.05, 4.69) is 0 Å². The Morgan fingerprint density at radius 1 is 1.47 bits per heavy atom. The van der Waals surface area contributed by atoms with Gasteiger partial charge in [0.1, 0.15) is 0 Å². The average Bonchev–Trinajstić information content (AvgIpc) is 2.48. The van der Waals surface area contributed by atoms with Gasteiger partial charge in [-0.25, -0.2) is 8.42 Å². The van der Waals surface area contributed by atoms with Crippen LogP contribution in [0, 0.1) is 0 Å². The molecule has 1 unspecified atom stereocenters. The number of halogens is 1. The van der Waals surface area contributed by atoms with E-state index in [1.165, 1.54) is 17.6 Å². The van der Waals surface area contributed by atoms with Crippen molar-refractivity contribution in [1.82, 2.24) is 0 Å². The van der Waals surface area contributed by atoms with E-state index >= 15 is 0 Å². The number of sulfone groups is 1. The van der Waals surface area contributed by atoms with Crippen LogP contribution < -0.4 is 5.73 Å². The fraction of sp³-hybridized carbons (Fsp3) is 0.556. The Kier molecular flexibility index (Phi) is 3.50. The smallest absolute Gasteiger partial charge is 0.154 e. The summed E-state index contributed by atoms with van der Waals surface area (Å²) in [5, 5.41) is 0. The number of nitrogens with two attached hydrogens (primary N) is 1. The Hall–Kier alpha value is -0.100. The quantitative estimate of drug-likeness (QED) is 0.914. The Bertz CT molecular complexity index is 450. The summed E-state index contributed by atoms with van der Waals surface area (Å²) in [4.78, 5) is 0.787. The molecule has 3 nitrogen and oxygen atoms in total. The minimum Gasteiger partial charge on any atom is -0.322 e. The molecular formula is C9H14ClNO2S2. The van der Waals surface area contributed by atoms with Crippen LogP contribution in [0.4, 0.5) is 0 Å². The number of hydrogen-bond acceptors (Lipinski definition) is 4. The first kappa shape index (κ1) is 13.0. The molecule has 2 N–H and O–H groups in total. The predicted molar refractivity (Wildman–Crippen MR) is 65.2 cm³/mol. The lowest BCUT2D eigenvalue weighted by atomic mass is 10.0. The SMILES string of the molecule is CC(C)(C(N)c1ccc(Cl)s1)S(C)(=O)=O. The largest absolute Gasteiger partial charge is 0.322 e. The number of rotatable bonds is 3. The van der Waals surface area contributed by atoms with Crippen molar-refractivity contribution >= 4 is 32.8 Å². The van der Waals surface area contributed by atoms with Gasteiger partial charge in [0.15, 0.2) is 9.84 Å². The van der Waals surface area contributed by atoms with E-state index < -0.39 is 20.6 Å². The predicted octanol–water partition coefficient (Wildman–Crippen LogP) is 2.22. The summed E-state index contributed by atoms with van der Waals surface area (Å²) >= 11 is 7.10. The van der Waals surface area contributed by atoms with Gasteiger partial charge in [-0.05, 0) is 26.0 Å². The molecule has 1 heterocycles. The topological polar surface area (TPSA) is 60.2 Å². The lowest BCUT2D eigenvalue weighted by Crippen LogP contribution is -2.41. The van der Waals surface area contributed by atoms with Crippen LogP contribution in [0.25, 0.3) is 0 Å². The van der Waals surface area contributed by atoms with Crippen LogP contribution in [0.2, 0.25) is 4.34 Å². The molecule has 0 fully saturated rings. The summed E-state index contributed by atoms with van der Waals surface area (Å²) in [5.74, 6) is 0. The van der Waals surface area contributed by atoms with Crippen molar-refractivity contribution in [2.45, 2.75) is 24.6 Å². The molecule has 0 amide bonds. The average molecular weight is 268 g/mol. The van der Waals surface area contributed by atoms with Gasteiger partial charge < -0.3 is 5.73 Å². The van der Waals surface area contributed by atoms with Crippen molar-refractivity contribution in [2.75, 3.05) is 6.26 Å². The third-order valence-corrected chi connectivity index (χ3v) is 6.08. The second kappa shape index (κ2) is 4.05. The molecule has 86 valence electrons. The van der Waals surface area contributed by atoms with E-state index in [1.54, 1.807) is 26.0 Å². The Morgan fingerprint density at radius 2 is 2.00 bits per heavy atom. The van der Waals surface area contributed by atoms with Gasteiger partial charge in [-0.1, -0.05) is 11.6 Å². The zero-order valence-electron chi connectivity index (χ0n) is 8.82. The van der Waals surface area contributed by atoms with Crippen LogP contribution in [0.3, 0.4) is 0 Å². The van der Waals surface area contributed by atoms with Crippen molar-refractivity contribution in [2.24, 2.45) is 5.73 Å². The van der Waals surface area contributed by atoms with E-state index in [-0.39, 0.29) is 0 Å². The van der Waals surface area contributed by atoms with Crippen LogP contribution in [0.5, 0.6) is 0 Å². The van der Waals surface area contributed by atoms with E-state index in [4.69, 9.17) is 17.3 Å². The first-order chi connectivity index (χ1) is 6.66. The standard InChI is InChI=1S/C9H14ClNO2S2/c1-9(2,15(3,12)13)8(11)6-4-5-7(10)14-6/h4-5,8H,11H2,1-3H3. The van der Waals surface area contributed by atoms with Gasteiger partial charge in [0.25, 0.3) is 0 Å². The first-order valence-corrected chi connectivity index (χ1v) is 7.45. The molecule has 1 aromatic heterocycles. The van der Waals surface area contributed by atoms with Crippen molar-refractivity contribution in [3.05, 3.63) is 21.3 Å². The Morgan fingerprint density at radius 3 is 2.33 bits per heavy atom. The zero-order valence-corrected chi connectivity index (χ0v) is 11.2. The molecule has 0 spiro atoms. The monoisotopic (exact) mass is 267 g/mol. The van der Waals surface area contributed by atoms with Gasteiger partial charge >= 0.3 is 0 Å². The lowest BCUT2D eigenvalue weighted by Gasteiger charge is -2.28. The van der Waals surface area contributed by atoms with Crippen molar-refractivity contribution in [1.29, 1.82) is 0 Å². The third kappa shape index (κ3) is 2.53. The van der Waals surface area contributed by atoms with Gasteiger partial charge in [-0.15, -0.1) is 11.3 Å². The maximum Gasteiger partial charge on any atom is 0.154 e. The van der Waals surface area contributed by atoms with E-state index in [9.17, 15) is 8.42 Å². The molecular weight excluding hydrogens is 254 g/mol. The summed E-state index contributed by atoms with van der Waals surface area (Å²) in [6.07, 6.45) is 1.20. The fourth-order valence-electron chi connectivity index (χ4n) is 1.07. The molecule has 0 saturated heterocycles. The fourth-order valence-corrected chi connectivity index (χ4v) is 2.98. The first-order valence-electron chi connectivity index (χ1n) is 4.36. The van der Waals surface area contributed by atoms with Crippen LogP contribution >= 0.6 is 22.9 Å². The molecule has 0 aromatic carbocycles. The summed E-state index contributed by atoms with van der Waals surface area (Å²) < 4.78 is 22.8. The van der Waals surface area contributed by atoms with E-state index in [1.807, 2.05) is 0 Å². The third-order valence-electron chi connectivity index (χ3n) is 2.61. The molecule has 0 aliphatic carbocycles. The van der Waals surface area contributed by atoms with Gasteiger partial charge in [0.2, 0.25) is 0 Å². The summed E-state index contributed by atoms with van der Waals surface area (Å²) in [6.45, 7) is 3.25. The highest BCUT2D eigenvalue weighted by Crippen LogP contribution is 2.35. The minimum absolute atomic E-state index is 0.551. The van der Waals surface area contributed by atoms with Crippen LogP contribution in [-0.2, 0) is 9.84 Å². The summed E-state index contributed by atoms with van der Waals surface area (Å²) in [5.41, 5.74) is 5.94. The lowest BCUT2D eigenvalue weighted by molar-refractivity contribution is 0.501. The number of thiophene rings is 1. The molecule has 1 rings (SSSR count). The molecule has 0 aliphatic heterocycles. The molecule has 1 aromatic rings. The Labute approximate surface area is 99.2 Å². The molecule has 1 atom stereocenters. The van der Waals surface area contributed by atoms with E-state index in [0.717, 1.165) is 4.88 Å². The number of hydrogen-bond donors (Lipinski definition) is 1. The highest BCUT2D eigenvalue weighted by atomic mass is 35.5. The van der Waals surface area contributed by atoms with Crippen molar-refractivity contribution in [3.8, 4) is 0 Å². The van der Waals surface area contributed by atoms with Crippen LogP contribution in [0.15, 0.2) is 12.1 Å². The van der Waals surface area contributed by atoms with Crippen LogP contribution in [0.1, 0.15) is 24.8 Å². The second-order valence-corrected chi connectivity index (χ2v) is 8.34. The molecule has 0 saturated carbocycles. The molecule has 15 heavy (non-hydrogen) atoms. The normalized spacial score (nSPS) is 15.3. The van der Waals surface area contributed by atoms with Gasteiger partial charge in [-0.2, -0.15) is 0 Å². The zero-order chi connectivity index (χ0) is 11.9. The molecule has 0 radical (unpaired) electrons. The van der Waals surface area contributed by atoms with E-state index in [0.29, 0.717) is 4.34 Å². The summed E-state index contributed by atoms with van der Waals surface area (Å²) in [6, 6.07) is 2.94. The highest BCUT2D eigenvalue weighted by molar-refractivity contribution is 7.92. The second-order valence-electron chi connectivity index (χ2n) is 4.00. The van der Waals surface area contributed by atoms with Gasteiger partial charge in [-0.3, -0.25) is 0 Å². The van der Waals surface area contributed by atoms with Crippen molar-refractivity contribution < 1.29 is 8.42 Å². The molecule has 6 heteroatoms.